The highest BCUT2D eigenvalue weighted by atomic mass is 35.5. The maximum absolute atomic E-state index is 13.5. The number of fused-ring (bicyclic) bond motifs is 4. The summed E-state index contributed by atoms with van der Waals surface area (Å²) in [5, 5.41) is 16.8. The molecule has 2 aliphatic heterocycles. The number of nitrogens with zero attached hydrogens (tertiary/aromatic N) is 3. The van der Waals surface area contributed by atoms with E-state index in [9.17, 15) is 9.59 Å². The van der Waals surface area contributed by atoms with Crippen molar-refractivity contribution in [1.29, 1.82) is 5.41 Å². The molecule has 2 N–H and O–H groups in total. The molecule has 2 amide bonds. The summed E-state index contributed by atoms with van der Waals surface area (Å²) in [5.41, 5.74) is 4.14. The van der Waals surface area contributed by atoms with Crippen LogP contribution in [0.3, 0.4) is 0 Å². The first-order valence-corrected chi connectivity index (χ1v) is 13.9. The van der Waals surface area contributed by atoms with E-state index in [-0.39, 0.29) is 30.2 Å². The molecule has 2 aromatic heterocycles. The first-order valence-electron chi connectivity index (χ1n) is 12.7. The standard InChI is InChI=1S/C29H26ClN5O2S/c30-23-16-32-35-14-6-11-24-22(26(23)35)15-25(38-24)28(36)33-19(13-12-18-7-2-1-3-8-18)17-34-27(31)20-9-4-5-10-21(20)29(34)37/h1-5,7-10,15-16,19,31H,6,11-14,17H2,(H,33,36). The monoisotopic (exact) mass is 543 g/mol. The molecule has 0 bridgehead atoms. The van der Waals surface area contributed by atoms with E-state index >= 15 is 0 Å². The fourth-order valence-electron chi connectivity index (χ4n) is 5.23. The lowest BCUT2D eigenvalue weighted by Crippen LogP contribution is -2.46. The van der Waals surface area contributed by atoms with Crippen molar-refractivity contribution in [2.45, 2.75) is 38.3 Å². The van der Waals surface area contributed by atoms with E-state index in [1.165, 1.54) is 16.2 Å². The summed E-state index contributed by atoms with van der Waals surface area (Å²) in [4.78, 5) is 29.9. The summed E-state index contributed by atoms with van der Waals surface area (Å²) < 4.78 is 1.91. The van der Waals surface area contributed by atoms with Gasteiger partial charge >= 0.3 is 0 Å². The predicted octanol–water partition coefficient (Wildman–Crippen LogP) is 5.42. The van der Waals surface area contributed by atoms with E-state index in [1.54, 1.807) is 24.4 Å². The van der Waals surface area contributed by atoms with Crippen LogP contribution in [0.15, 0.2) is 66.9 Å². The first-order chi connectivity index (χ1) is 18.5. The smallest absolute Gasteiger partial charge is 0.261 e. The van der Waals surface area contributed by atoms with Crippen molar-refractivity contribution in [3.8, 4) is 11.3 Å². The molecule has 2 aromatic carbocycles. The molecule has 7 nitrogen and oxygen atoms in total. The van der Waals surface area contributed by atoms with Crippen LogP contribution in [-0.4, -0.2) is 44.9 Å². The molecule has 6 rings (SSSR count). The highest BCUT2D eigenvalue weighted by Crippen LogP contribution is 2.38. The van der Waals surface area contributed by atoms with Crippen molar-refractivity contribution in [3.63, 3.8) is 0 Å². The predicted molar refractivity (Wildman–Crippen MR) is 149 cm³/mol. The molecule has 0 spiro atoms. The molecule has 0 saturated heterocycles. The summed E-state index contributed by atoms with van der Waals surface area (Å²) in [7, 11) is 0. The number of halogens is 1. The van der Waals surface area contributed by atoms with Gasteiger partial charge in [-0.15, -0.1) is 11.3 Å². The van der Waals surface area contributed by atoms with Gasteiger partial charge in [0.2, 0.25) is 0 Å². The number of aryl methyl sites for hydroxylation is 3. The Labute approximate surface area is 229 Å². The Bertz CT molecular complexity index is 1510. The van der Waals surface area contributed by atoms with E-state index < -0.39 is 0 Å². The van der Waals surface area contributed by atoms with E-state index in [2.05, 4.69) is 22.5 Å². The number of thiophene rings is 1. The topological polar surface area (TPSA) is 91.1 Å². The van der Waals surface area contributed by atoms with Gasteiger partial charge in [-0.05, 0) is 43.4 Å². The Kier molecular flexibility index (Phi) is 6.59. The second-order valence-corrected chi connectivity index (χ2v) is 11.2. The molecular weight excluding hydrogens is 518 g/mol. The number of nitrogens with one attached hydrogen (secondary N) is 2. The molecule has 0 radical (unpaired) electrons. The number of aromatic nitrogens is 2. The van der Waals surface area contributed by atoms with E-state index in [0.29, 0.717) is 27.4 Å². The van der Waals surface area contributed by atoms with Gasteiger partial charge in [0.05, 0.1) is 27.4 Å². The van der Waals surface area contributed by atoms with Gasteiger partial charge in [-0.3, -0.25) is 24.6 Å². The Hall–Kier alpha value is -3.75. The number of amidine groups is 1. The third-order valence-corrected chi connectivity index (χ3v) is 8.62. The number of amides is 2. The van der Waals surface area contributed by atoms with Crippen molar-refractivity contribution in [1.82, 2.24) is 20.0 Å². The van der Waals surface area contributed by atoms with Gasteiger partial charge in [-0.2, -0.15) is 5.10 Å². The zero-order valence-electron chi connectivity index (χ0n) is 20.6. The summed E-state index contributed by atoms with van der Waals surface area (Å²) in [5.74, 6) is -0.204. The van der Waals surface area contributed by atoms with Crippen molar-refractivity contribution in [2.75, 3.05) is 6.54 Å². The molecule has 38 heavy (non-hydrogen) atoms. The van der Waals surface area contributed by atoms with Gasteiger partial charge in [0.25, 0.3) is 11.8 Å². The van der Waals surface area contributed by atoms with E-state index in [4.69, 9.17) is 17.0 Å². The summed E-state index contributed by atoms with van der Waals surface area (Å²) in [6, 6.07) is 18.8. The van der Waals surface area contributed by atoms with Crippen LogP contribution in [0.25, 0.3) is 11.3 Å². The maximum Gasteiger partial charge on any atom is 0.261 e. The molecule has 2 aliphatic rings. The zero-order chi connectivity index (χ0) is 26.2. The van der Waals surface area contributed by atoms with Gasteiger partial charge in [0.1, 0.15) is 5.84 Å². The number of benzene rings is 2. The van der Waals surface area contributed by atoms with Gasteiger partial charge in [-0.1, -0.05) is 60.1 Å². The average Bonchev–Trinajstić information content (AvgIpc) is 3.55. The second kappa shape index (κ2) is 10.2. The fraction of sp³-hybridized carbons (Fsp3) is 0.241. The minimum Gasteiger partial charge on any atom is -0.347 e. The number of hydrogen-bond donors (Lipinski definition) is 2. The van der Waals surface area contributed by atoms with Crippen LogP contribution < -0.4 is 5.32 Å². The van der Waals surface area contributed by atoms with Crippen LogP contribution in [-0.2, 0) is 19.4 Å². The third kappa shape index (κ3) is 4.54. The van der Waals surface area contributed by atoms with Crippen molar-refractivity contribution >= 4 is 40.6 Å². The van der Waals surface area contributed by atoms with Crippen LogP contribution in [0.5, 0.6) is 0 Å². The quantitative estimate of drug-likeness (QED) is 0.326. The van der Waals surface area contributed by atoms with Gasteiger partial charge in [0, 0.05) is 35.1 Å². The highest BCUT2D eigenvalue weighted by molar-refractivity contribution is 7.14. The van der Waals surface area contributed by atoms with Crippen LogP contribution >= 0.6 is 22.9 Å². The fourth-order valence-corrected chi connectivity index (χ4v) is 6.58. The molecule has 9 heteroatoms. The third-order valence-electron chi connectivity index (χ3n) is 7.15. The molecule has 192 valence electrons. The molecule has 1 atom stereocenters. The highest BCUT2D eigenvalue weighted by Gasteiger charge is 2.34. The number of carbonyl (C=O) groups is 2. The zero-order valence-corrected chi connectivity index (χ0v) is 22.2. The van der Waals surface area contributed by atoms with Crippen LogP contribution in [0.2, 0.25) is 5.02 Å². The first kappa shape index (κ1) is 24.6. The molecular formula is C29H26ClN5O2S. The largest absolute Gasteiger partial charge is 0.347 e. The molecule has 4 heterocycles. The summed E-state index contributed by atoms with van der Waals surface area (Å²) >= 11 is 7.94. The molecule has 0 saturated carbocycles. The minimum atomic E-state index is -0.336. The van der Waals surface area contributed by atoms with E-state index in [0.717, 1.165) is 47.5 Å². The van der Waals surface area contributed by atoms with Crippen LogP contribution in [0.1, 0.15) is 48.9 Å². The lowest BCUT2D eigenvalue weighted by Gasteiger charge is -2.25. The van der Waals surface area contributed by atoms with Gasteiger partial charge < -0.3 is 5.32 Å². The second-order valence-electron chi connectivity index (χ2n) is 9.62. The Balaban J connectivity index is 1.25. The summed E-state index contributed by atoms with van der Waals surface area (Å²) in [6.07, 6.45) is 4.82. The summed E-state index contributed by atoms with van der Waals surface area (Å²) in [6.45, 7) is 1.03. The Morgan fingerprint density at radius 2 is 1.87 bits per heavy atom. The minimum absolute atomic E-state index is 0.176. The van der Waals surface area contributed by atoms with E-state index in [1.807, 2.05) is 35.0 Å². The Morgan fingerprint density at radius 1 is 1.11 bits per heavy atom. The average molecular weight is 544 g/mol. The molecule has 0 aliphatic carbocycles. The van der Waals surface area contributed by atoms with Gasteiger partial charge in [-0.25, -0.2) is 0 Å². The van der Waals surface area contributed by atoms with Crippen LogP contribution in [0.4, 0.5) is 0 Å². The van der Waals surface area contributed by atoms with Crippen molar-refractivity contribution in [2.24, 2.45) is 0 Å². The Morgan fingerprint density at radius 3 is 2.66 bits per heavy atom. The van der Waals surface area contributed by atoms with Crippen molar-refractivity contribution < 1.29 is 9.59 Å². The molecule has 0 fully saturated rings. The molecule has 1 unspecified atom stereocenters. The lowest BCUT2D eigenvalue weighted by atomic mass is 10.0. The van der Waals surface area contributed by atoms with Crippen molar-refractivity contribution in [3.05, 3.63) is 98.3 Å². The van der Waals surface area contributed by atoms with Crippen LogP contribution in [0, 0.1) is 5.41 Å². The molecule has 4 aromatic rings. The number of carbonyl (C=O) groups excluding carboxylic acids is 2. The number of hydrogen-bond acceptors (Lipinski definition) is 5. The number of rotatable bonds is 7. The maximum atomic E-state index is 13.5. The van der Waals surface area contributed by atoms with Gasteiger partial charge in [0.15, 0.2) is 0 Å². The normalized spacial score (nSPS) is 15.0. The lowest BCUT2D eigenvalue weighted by molar-refractivity contribution is 0.0827. The SMILES string of the molecule is N=C1c2ccccc2C(=O)N1CC(CCc1ccccc1)NC(=O)c1cc2c(s1)CCCn1ncc(Cl)c1-2.